The van der Waals surface area contributed by atoms with Gasteiger partial charge in [0.25, 0.3) is 0 Å². The minimum Gasteiger partial charge on any atom is -0.455 e. The molecule has 2 heteroatoms. The fraction of sp³-hybridized carbons (Fsp3) is 0. The van der Waals surface area contributed by atoms with Crippen LogP contribution in [0.1, 0.15) is 0 Å². The Morgan fingerprint density at radius 3 is 1.83 bits per heavy atom. The summed E-state index contributed by atoms with van der Waals surface area (Å²) in [5.74, 6) is 0. The van der Waals surface area contributed by atoms with Crippen molar-refractivity contribution in [2.24, 2.45) is 0 Å². The Morgan fingerprint density at radius 2 is 0.957 bits per heavy atom. The number of anilines is 3. The number of hydrogen-bond acceptors (Lipinski definition) is 2. The van der Waals surface area contributed by atoms with Crippen molar-refractivity contribution in [3.05, 3.63) is 176 Å². The smallest absolute Gasteiger partial charge is 0.143 e. The molecule has 8 aromatic carbocycles. The van der Waals surface area contributed by atoms with E-state index in [-0.39, 0.29) is 0 Å². The number of para-hydroxylation sites is 1. The Labute approximate surface area is 267 Å². The Kier molecular flexibility index (Phi) is 6.17. The van der Waals surface area contributed by atoms with Crippen molar-refractivity contribution in [3.8, 4) is 22.3 Å². The lowest BCUT2D eigenvalue weighted by Crippen LogP contribution is -2.09. The fourth-order valence-electron chi connectivity index (χ4n) is 6.80. The van der Waals surface area contributed by atoms with Gasteiger partial charge in [0.05, 0.1) is 0 Å². The van der Waals surface area contributed by atoms with E-state index in [0.717, 1.165) is 50.1 Å². The molecule has 0 aliphatic rings. The number of benzene rings is 8. The molecule has 0 radical (unpaired) electrons. The van der Waals surface area contributed by atoms with Crippen LogP contribution in [-0.4, -0.2) is 0 Å². The summed E-state index contributed by atoms with van der Waals surface area (Å²) < 4.78 is 6.66. The van der Waals surface area contributed by atoms with Crippen molar-refractivity contribution in [3.63, 3.8) is 0 Å². The molecule has 0 spiro atoms. The van der Waals surface area contributed by atoms with Crippen LogP contribution in [0.3, 0.4) is 0 Å². The molecule has 0 amide bonds. The highest BCUT2D eigenvalue weighted by Crippen LogP contribution is 2.42. The van der Waals surface area contributed by atoms with Gasteiger partial charge >= 0.3 is 0 Å². The summed E-state index contributed by atoms with van der Waals surface area (Å²) in [5, 5.41) is 7.17. The maximum absolute atomic E-state index is 6.66. The Hall–Kier alpha value is -6.12. The number of hydrogen-bond donors (Lipinski definition) is 0. The van der Waals surface area contributed by atoms with E-state index in [1.54, 1.807) is 0 Å². The molecule has 9 aromatic rings. The van der Waals surface area contributed by atoms with E-state index in [1.807, 2.05) is 6.07 Å². The highest BCUT2D eigenvalue weighted by molar-refractivity contribution is 6.10. The lowest BCUT2D eigenvalue weighted by atomic mass is 9.98. The zero-order chi connectivity index (χ0) is 30.5. The minimum absolute atomic E-state index is 0.869. The predicted octanol–water partition coefficient (Wildman–Crippen LogP) is 12.7. The van der Waals surface area contributed by atoms with Gasteiger partial charge in [-0.15, -0.1) is 0 Å². The van der Waals surface area contributed by atoms with Gasteiger partial charge in [-0.25, -0.2) is 0 Å². The first-order valence-corrected chi connectivity index (χ1v) is 15.7. The third kappa shape index (κ3) is 4.43. The quantitative estimate of drug-likeness (QED) is 0.199. The molecule has 0 aliphatic carbocycles. The zero-order valence-corrected chi connectivity index (χ0v) is 25.1. The van der Waals surface area contributed by atoms with E-state index < -0.39 is 0 Å². The van der Waals surface area contributed by atoms with Gasteiger partial charge in [0.15, 0.2) is 0 Å². The van der Waals surface area contributed by atoms with E-state index in [4.69, 9.17) is 4.42 Å². The normalized spacial score (nSPS) is 11.5. The second-order valence-electron chi connectivity index (χ2n) is 11.8. The van der Waals surface area contributed by atoms with Gasteiger partial charge in [-0.05, 0) is 74.6 Å². The van der Waals surface area contributed by atoms with E-state index in [2.05, 4.69) is 175 Å². The zero-order valence-electron chi connectivity index (χ0n) is 25.1. The Bertz CT molecular complexity index is 2520. The number of nitrogens with zero attached hydrogens (tertiary/aromatic N) is 1. The maximum Gasteiger partial charge on any atom is 0.143 e. The van der Waals surface area contributed by atoms with E-state index in [9.17, 15) is 0 Å². The third-order valence-electron chi connectivity index (χ3n) is 9.04. The lowest BCUT2D eigenvalue weighted by Gasteiger charge is -2.26. The molecule has 0 aliphatic heterocycles. The molecule has 0 N–H and O–H groups in total. The van der Waals surface area contributed by atoms with Crippen LogP contribution >= 0.6 is 0 Å². The van der Waals surface area contributed by atoms with Crippen molar-refractivity contribution >= 4 is 60.5 Å². The van der Waals surface area contributed by atoms with Crippen LogP contribution < -0.4 is 4.90 Å². The summed E-state index contributed by atoms with van der Waals surface area (Å²) in [6, 6.07) is 62.7. The van der Waals surface area contributed by atoms with Crippen molar-refractivity contribution in [2.75, 3.05) is 4.90 Å². The molecule has 0 saturated heterocycles. The molecule has 0 saturated carbocycles. The molecule has 9 rings (SSSR count). The number of furan rings is 1. The second kappa shape index (κ2) is 10.8. The van der Waals surface area contributed by atoms with Gasteiger partial charge in [0.2, 0.25) is 0 Å². The average molecular weight is 588 g/mol. The molecular weight excluding hydrogens is 558 g/mol. The molecular formula is C44H29NO. The van der Waals surface area contributed by atoms with Crippen LogP contribution in [0.4, 0.5) is 17.1 Å². The summed E-state index contributed by atoms with van der Waals surface area (Å²) in [5.41, 5.74) is 9.69. The van der Waals surface area contributed by atoms with Crippen LogP contribution in [0, 0.1) is 0 Å². The van der Waals surface area contributed by atoms with Gasteiger partial charge in [0, 0.05) is 39.5 Å². The van der Waals surface area contributed by atoms with E-state index in [1.165, 1.54) is 32.7 Å². The van der Waals surface area contributed by atoms with Crippen molar-refractivity contribution < 1.29 is 4.42 Å². The minimum atomic E-state index is 0.869. The van der Waals surface area contributed by atoms with Gasteiger partial charge in [0.1, 0.15) is 11.2 Å². The monoisotopic (exact) mass is 587 g/mol. The van der Waals surface area contributed by atoms with Gasteiger partial charge in [-0.3, -0.25) is 0 Å². The number of fused-ring (bicyclic) bond motifs is 5. The van der Waals surface area contributed by atoms with Crippen LogP contribution in [0.25, 0.3) is 65.7 Å². The average Bonchev–Trinajstić information content (AvgIpc) is 3.50. The van der Waals surface area contributed by atoms with Crippen molar-refractivity contribution in [2.45, 2.75) is 0 Å². The van der Waals surface area contributed by atoms with Crippen LogP contribution in [-0.2, 0) is 0 Å². The first kappa shape index (κ1) is 26.3. The highest BCUT2D eigenvalue weighted by atomic mass is 16.3. The molecule has 1 aromatic heterocycles. The van der Waals surface area contributed by atoms with Crippen LogP contribution in [0.2, 0.25) is 0 Å². The summed E-state index contributed by atoms with van der Waals surface area (Å²) in [7, 11) is 0. The molecule has 216 valence electrons. The Balaban J connectivity index is 1.20. The molecule has 0 unspecified atom stereocenters. The molecule has 0 atom stereocenters. The Morgan fingerprint density at radius 1 is 0.348 bits per heavy atom. The fourth-order valence-corrected chi connectivity index (χ4v) is 6.80. The van der Waals surface area contributed by atoms with Crippen molar-refractivity contribution in [1.82, 2.24) is 0 Å². The molecule has 46 heavy (non-hydrogen) atoms. The molecule has 2 nitrogen and oxygen atoms in total. The van der Waals surface area contributed by atoms with E-state index in [0.29, 0.717) is 0 Å². The molecule has 0 bridgehead atoms. The SMILES string of the molecule is c1ccc(-c2cccc3c2oc2cc(N(c4ccc(-c5cccc6ccccc56)cc4)c4ccc5ccccc5c4)ccc23)cc1. The predicted molar refractivity (Wildman–Crippen MR) is 194 cm³/mol. The summed E-state index contributed by atoms with van der Waals surface area (Å²) in [6.45, 7) is 0. The first-order chi connectivity index (χ1) is 22.8. The molecule has 0 fully saturated rings. The highest BCUT2D eigenvalue weighted by Gasteiger charge is 2.18. The third-order valence-corrected chi connectivity index (χ3v) is 9.04. The van der Waals surface area contributed by atoms with Crippen LogP contribution in [0.15, 0.2) is 180 Å². The summed E-state index contributed by atoms with van der Waals surface area (Å²) in [4.78, 5) is 2.32. The van der Waals surface area contributed by atoms with Crippen LogP contribution in [0.5, 0.6) is 0 Å². The topological polar surface area (TPSA) is 16.4 Å². The van der Waals surface area contributed by atoms with Gasteiger partial charge < -0.3 is 9.32 Å². The van der Waals surface area contributed by atoms with Gasteiger partial charge in [-0.1, -0.05) is 133 Å². The van der Waals surface area contributed by atoms with E-state index >= 15 is 0 Å². The lowest BCUT2D eigenvalue weighted by molar-refractivity contribution is 0.670. The standard InChI is InChI=1S/C44H29NO/c1-2-11-32(12-3-1)40-18-9-19-42-41-27-26-37(29-43(41)46-44(40)42)45(36-25-20-30-10-4-5-14-34(30)28-36)35-23-21-33(22-24-35)39-17-8-15-31-13-6-7-16-38(31)39/h1-29H. The number of rotatable bonds is 5. The maximum atomic E-state index is 6.66. The summed E-state index contributed by atoms with van der Waals surface area (Å²) in [6.07, 6.45) is 0. The van der Waals surface area contributed by atoms with Gasteiger partial charge in [-0.2, -0.15) is 0 Å². The van der Waals surface area contributed by atoms with Crippen molar-refractivity contribution in [1.29, 1.82) is 0 Å². The first-order valence-electron chi connectivity index (χ1n) is 15.7. The largest absolute Gasteiger partial charge is 0.455 e. The molecule has 1 heterocycles. The second-order valence-corrected chi connectivity index (χ2v) is 11.8. The summed E-state index contributed by atoms with van der Waals surface area (Å²) >= 11 is 0.